The maximum Gasteiger partial charge on any atom is 0.247 e. The number of nitrogens with zero attached hydrogens (tertiary/aromatic N) is 2. The molecule has 0 N–H and O–H groups in total. The number of aromatic nitrogens is 2. The minimum absolute atomic E-state index is 0.473. The van der Waals surface area contributed by atoms with Crippen LogP contribution in [0.15, 0.2) is 34.9 Å². The molecule has 1 aromatic carbocycles. The summed E-state index contributed by atoms with van der Waals surface area (Å²) in [5.74, 6) is 0.488. The molecule has 0 unspecified atom stereocenters. The average molecular weight is 279 g/mol. The SMILES string of the molecule is Cc1cnc2oc(-c3ccc(Cl)c(Cl)c3)nc2c1. The molecule has 3 aromatic rings. The van der Waals surface area contributed by atoms with E-state index in [4.69, 9.17) is 27.6 Å². The summed E-state index contributed by atoms with van der Waals surface area (Å²) in [6.07, 6.45) is 1.74. The maximum absolute atomic E-state index is 5.97. The summed E-state index contributed by atoms with van der Waals surface area (Å²) >= 11 is 11.8. The second-order valence-corrected chi connectivity index (χ2v) is 4.80. The van der Waals surface area contributed by atoms with Crippen molar-refractivity contribution in [3.05, 3.63) is 46.1 Å². The van der Waals surface area contributed by atoms with E-state index in [0.717, 1.165) is 16.6 Å². The molecule has 0 radical (unpaired) electrons. The van der Waals surface area contributed by atoms with Gasteiger partial charge in [0.25, 0.3) is 0 Å². The standard InChI is InChI=1S/C13H8Cl2N2O/c1-7-4-11-13(16-6-7)18-12(17-11)8-2-3-9(14)10(15)5-8/h2-6H,1H3. The van der Waals surface area contributed by atoms with Crippen molar-refractivity contribution in [2.75, 3.05) is 0 Å². The number of hydrogen-bond donors (Lipinski definition) is 0. The Morgan fingerprint density at radius 2 is 1.94 bits per heavy atom. The highest BCUT2D eigenvalue weighted by Gasteiger charge is 2.10. The van der Waals surface area contributed by atoms with Gasteiger partial charge in [-0.25, -0.2) is 9.97 Å². The Balaban J connectivity index is 2.16. The molecule has 0 aliphatic rings. The van der Waals surface area contributed by atoms with Crippen LogP contribution in [0.3, 0.4) is 0 Å². The number of oxazole rings is 1. The predicted octanol–water partition coefficient (Wildman–Crippen LogP) is 4.51. The first-order valence-electron chi connectivity index (χ1n) is 5.32. The molecule has 0 spiro atoms. The highest BCUT2D eigenvalue weighted by atomic mass is 35.5. The lowest BCUT2D eigenvalue weighted by molar-refractivity contribution is 0.607. The zero-order valence-electron chi connectivity index (χ0n) is 9.45. The Morgan fingerprint density at radius 3 is 2.72 bits per heavy atom. The Hall–Kier alpha value is -1.58. The van der Waals surface area contributed by atoms with Crippen LogP contribution < -0.4 is 0 Å². The second-order valence-electron chi connectivity index (χ2n) is 3.98. The van der Waals surface area contributed by atoms with Gasteiger partial charge in [-0.05, 0) is 36.8 Å². The number of hydrogen-bond acceptors (Lipinski definition) is 3. The van der Waals surface area contributed by atoms with Gasteiger partial charge in [0, 0.05) is 11.8 Å². The van der Waals surface area contributed by atoms with E-state index in [1.165, 1.54) is 0 Å². The van der Waals surface area contributed by atoms with Gasteiger partial charge in [-0.15, -0.1) is 0 Å². The summed E-state index contributed by atoms with van der Waals surface area (Å²) in [6.45, 7) is 1.96. The van der Waals surface area contributed by atoms with Crippen LogP contribution in [0.25, 0.3) is 22.7 Å². The first-order chi connectivity index (χ1) is 8.63. The van der Waals surface area contributed by atoms with Crippen molar-refractivity contribution in [2.45, 2.75) is 6.92 Å². The van der Waals surface area contributed by atoms with Gasteiger partial charge >= 0.3 is 0 Å². The zero-order chi connectivity index (χ0) is 12.7. The number of aryl methyl sites for hydroxylation is 1. The lowest BCUT2D eigenvalue weighted by Crippen LogP contribution is -1.78. The van der Waals surface area contributed by atoms with Gasteiger partial charge in [-0.1, -0.05) is 23.2 Å². The maximum atomic E-state index is 5.97. The lowest BCUT2D eigenvalue weighted by Gasteiger charge is -1.97. The van der Waals surface area contributed by atoms with Gasteiger partial charge in [0.1, 0.15) is 5.52 Å². The van der Waals surface area contributed by atoms with Gasteiger partial charge < -0.3 is 4.42 Å². The molecule has 0 aliphatic heterocycles. The summed E-state index contributed by atoms with van der Waals surface area (Å²) in [6, 6.07) is 7.17. The number of rotatable bonds is 1. The molecule has 0 fully saturated rings. The van der Waals surface area contributed by atoms with Crippen LogP contribution in [0.1, 0.15) is 5.56 Å². The van der Waals surface area contributed by atoms with E-state index in [9.17, 15) is 0 Å². The van der Waals surface area contributed by atoms with E-state index >= 15 is 0 Å². The molecule has 2 aromatic heterocycles. The summed E-state index contributed by atoms with van der Waals surface area (Å²) < 4.78 is 5.58. The summed E-state index contributed by atoms with van der Waals surface area (Å²) in [5.41, 5.74) is 3.06. The summed E-state index contributed by atoms with van der Waals surface area (Å²) in [4.78, 5) is 8.56. The van der Waals surface area contributed by atoms with E-state index in [-0.39, 0.29) is 0 Å². The third-order valence-corrected chi connectivity index (χ3v) is 3.29. The fraction of sp³-hybridized carbons (Fsp3) is 0.0769. The molecular formula is C13H8Cl2N2O. The minimum atomic E-state index is 0.473. The number of pyridine rings is 1. The minimum Gasteiger partial charge on any atom is -0.418 e. The highest BCUT2D eigenvalue weighted by molar-refractivity contribution is 6.42. The first-order valence-corrected chi connectivity index (χ1v) is 6.08. The van der Waals surface area contributed by atoms with E-state index in [1.807, 2.05) is 19.1 Å². The van der Waals surface area contributed by atoms with Crippen LogP contribution in [-0.4, -0.2) is 9.97 Å². The lowest BCUT2D eigenvalue weighted by atomic mass is 10.2. The number of benzene rings is 1. The Morgan fingerprint density at radius 1 is 1.11 bits per heavy atom. The van der Waals surface area contributed by atoms with Gasteiger partial charge in [0.15, 0.2) is 0 Å². The van der Waals surface area contributed by atoms with Crippen molar-refractivity contribution in [1.82, 2.24) is 9.97 Å². The number of fused-ring (bicyclic) bond motifs is 1. The van der Waals surface area contributed by atoms with Crippen molar-refractivity contribution in [3.8, 4) is 11.5 Å². The van der Waals surface area contributed by atoms with Crippen molar-refractivity contribution >= 4 is 34.4 Å². The molecule has 0 atom stereocenters. The molecule has 5 heteroatoms. The van der Waals surface area contributed by atoms with Crippen molar-refractivity contribution in [2.24, 2.45) is 0 Å². The quantitative estimate of drug-likeness (QED) is 0.658. The van der Waals surface area contributed by atoms with Gasteiger partial charge in [0.05, 0.1) is 10.0 Å². The largest absolute Gasteiger partial charge is 0.418 e. The van der Waals surface area contributed by atoms with Crippen LogP contribution in [0.2, 0.25) is 10.0 Å². The molecule has 3 rings (SSSR count). The zero-order valence-corrected chi connectivity index (χ0v) is 11.0. The third kappa shape index (κ3) is 1.96. The molecule has 2 heterocycles. The Kier molecular flexibility index (Phi) is 2.73. The second kappa shape index (κ2) is 4.26. The monoisotopic (exact) mass is 278 g/mol. The van der Waals surface area contributed by atoms with Crippen molar-refractivity contribution < 1.29 is 4.42 Å². The molecular weight excluding hydrogens is 271 g/mol. The van der Waals surface area contributed by atoms with Crippen LogP contribution in [-0.2, 0) is 0 Å². The topological polar surface area (TPSA) is 38.9 Å². The Labute approximate surface area is 113 Å². The molecule has 0 saturated heterocycles. The molecule has 0 amide bonds. The van der Waals surface area contributed by atoms with Crippen molar-refractivity contribution in [1.29, 1.82) is 0 Å². The first kappa shape index (κ1) is 11.5. The average Bonchev–Trinajstić information content (AvgIpc) is 2.75. The summed E-state index contributed by atoms with van der Waals surface area (Å²) in [5, 5.41) is 0.978. The predicted molar refractivity (Wildman–Crippen MR) is 72.0 cm³/mol. The molecule has 0 bridgehead atoms. The molecule has 0 aliphatic carbocycles. The van der Waals surface area contributed by atoms with E-state index in [2.05, 4.69) is 9.97 Å². The smallest absolute Gasteiger partial charge is 0.247 e. The van der Waals surface area contributed by atoms with Crippen molar-refractivity contribution in [3.63, 3.8) is 0 Å². The van der Waals surface area contributed by atoms with Gasteiger partial charge in [-0.3, -0.25) is 0 Å². The highest BCUT2D eigenvalue weighted by Crippen LogP contribution is 2.29. The fourth-order valence-corrected chi connectivity index (χ4v) is 1.97. The molecule has 18 heavy (non-hydrogen) atoms. The molecule has 3 nitrogen and oxygen atoms in total. The molecule has 90 valence electrons. The van der Waals surface area contributed by atoms with Crippen LogP contribution in [0.4, 0.5) is 0 Å². The fourth-order valence-electron chi connectivity index (χ4n) is 1.68. The van der Waals surface area contributed by atoms with E-state index < -0.39 is 0 Å². The van der Waals surface area contributed by atoms with E-state index in [0.29, 0.717) is 21.6 Å². The normalized spacial score (nSPS) is 11.1. The third-order valence-electron chi connectivity index (χ3n) is 2.55. The number of halogens is 2. The van der Waals surface area contributed by atoms with Crippen LogP contribution in [0.5, 0.6) is 0 Å². The van der Waals surface area contributed by atoms with Crippen LogP contribution >= 0.6 is 23.2 Å². The van der Waals surface area contributed by atoms with E-state index in [1.54, 1.807) is 18.3 Å². The van der Waals surface area contributed by atoms with Gasteiger partial charge in [0.2, 0.25) is 11.6 Å². The summed E-state index contributed by atoms with van der Waals surface area (Å²) in [7, 11) is 0. The van der Waals surface area contributed by atoms with Gasteiger partial charge in [-0.2, -0.15) is 0 Å². The van der Waals surface area contributed by atoms with Crippen LogP contribution in [0, 0.1) is 6.92 Å². The molecule has 0 saturated carbocycles. The Bertz CT molecular complexity index is 737.